The van der Waals surface area contributed by atoms with Crippen LogP contribution in [0.5, 0.6) is 5.75 Å². The third-order valence-corrected chi connectivity index (χ3v) is 7.66. The smallest absolute Gasteiger partial charge is 0.296 e. The van der Waals surface area contributed by atoms with Crippen LogP contribution in [0, 0.1) is 6.92 Å². The third-order valence-electron chi connectivity index (χ3n) is 6.41. The van der Waals surface area contributed by atoms with Gasteiger partial charge in [-0.15, -0.1) is 0 Å². The molecule has 1 aliphatic rings. The van der Waals surface area contributed by atoms with Crippen molar-refractivity contribution in [2.24, 2.45) is 0 Å². The van der Waals surface area contributed by atoms with Gasteiger partial charge < -0.3 is 14.3 Å². The van der Waals surface area contributed by atoms with E-state index >= 15 is 0 Å². The molecule has 39 heavy (non-hydrogen) atoms. The summed E-state index contributed by atoms with van der Waals surface area (Å²) in [6, 6.07) is 24.4. The van der Waals surface area contributed by atoms with Crippen LogP contribution in [0.15, 0.2) is 101 Å². The number of ether oxygens (including phenoxy) is 1. The molecule has 1 amide bonds. The van der Waals surface area contributed by atoms with E-state index in [0.29, 0.717) is 39.4 Å². The molecule has 0 bridgehead atoms. The molecule has 1 atom stereocenters. The van der Waals surface area contributed by atoms with Crippen molar-refractivity contribution in [3.05, 3.63) is 124 Å². The first-order valence-corrected chi connectivity index (χ1v) is 13.3. The van der Waals surface area contributed by atoms with Gasteiger partial charge in [-0.3, -0.25) is 14.5 Å². The molecule has 7 nitrogen and oxygen atoms in total. The topological polar surface area (TPSA) is 92.9 Å². The van der Waals surface area contributed by atoms with E-state index in [1.807, 2.05) is 30.3 Å². The lowest BCUT2D eigenvalue weighted by atomic mass is 9.95. The Kier molecular flexibility index (Phi) is 6.42. The minimum atomic E-state index is -0.936. The molecule has 1 N–H and O–H groups in total. The minimum absolute atomic E-state index is 0.0348. The van der Waals surface area contributed by atoms with Crippen LogP contribution in [0.25, 0.3) is 10.2 Å². The number of aliphatic hydroxyl groups excluding tert-OH is 1. The van der Waals surface area contributed by atoms with E-state index < -0.39 is 23.5 Å². The second kappa shape index (κ2) is 10.1. The van der Waals surface area contributed by atoms with E-state index in [9.17, 15) is 14.7 Å². The molecule has 0 saturated carbocycles. The molecule has 2 aromatic heterocycles. The summed E-state index contributed by atoms with van der Waals surface area (Å²) in [5, 5.41) is 11.9. The molecule has 1 unspecified atom stereocenters. The zero-order valence-corrected chi connectivity index (χ0v) is 22.2. The van der Waals surface area contributed by atoms with Crippen molar-refractivity contribution in [2.45, 2.75) is 19.6 Å². The van der Waals surface area contributed by atoms with Gasteiger partial charge in [-0.2, -0.15) is 0 Å². The summed E-state index contributed by atoms with van der Waals surface area (Å²) >= 11 is 7.41. The standard InChI is InChI=1S/C30H21ClN2O5S/c1-17-7-14-23(38-17)27(34)25-26(19-8-11-21(12-9-19)37-16-18-5-3-2-4-6-18)33(29(36)28(25)35)30-32-22-13-10-20(31)15-24(22)39-30/h2-15,26,35H,16H2,1H3. The lowest BCUT2D eigenvalue weighted by Crippen LogP contribution is -2.30. The summed E-state index contributed by atoms with van der Waals surface area (Å²) in [7, 11) is 0. The number of halogens is 1. The first-order valence-electron chi connectivity index (χ1n) is 12.1. The monoisotopic (exact) mass is 556 g/mol. The number of ketones is 1. The maximum absolute atomic E-state index is 13.6. The molecule has 3 aromatic carbocycles. The summed E-state index contributed by atoms with van der Waals surface area (Å²) in [4.78, 5) is 33.0. The van der Waals surface area contributed by atoms with Crippen molar-refractivity contribution < 1.29 is 23.8 Å². The lowest BCUT2D eigenvalue weighted by Gasteiger charge is -2.24. The maximum atomic E-state index is 13.6. The number of carbonyl (C=O) groups is 2. The number of amides is 1. The number of fused-ring (bicyclic) bond motifs is 1. The van der Waals surface area contributed by atoms with Crippen LogP contribution in [0.4, 0.5) is 5.13 Å². The molecule has 0 saturated heterocycles. The molecule has 0 fully saturated rings. The number of hydrogen-bond acceptors (Lipinski definition) is 7. The number of nitrogens with zero attached hydrogens (tertiary/aromatic N) is 2. The van der Waals surface area contributed by atoms with Crippen LogP contribution in [-0.2, 0) is 11.4 Å². The van der Waals surface area contributed by atoms with Crippen molar-refractivity contribution in [3.8, 4) is 5.75 Å². The number of anilines is 1. The molecule has 6 rings (SSSR count). The number of aromatic nitrogens is 1. The normalized spacial score (nSPS) is 15.4. The zero-order valence-electron chi connectivity index (χ0n) is 20.6. The molecule has 194 valence electrons. The molecular weight excluding hydrogens is 536 g/mol. The van der Waals surface area contributed by atoms with Gasteiger partial charge in [-0.05, 0) is 60.5 Å². The van der Waals surface area contributed by atoms with Crippen molar-refractivity contribution in [2.75, 3.05) is 4.90 Å². The molecule has 0 spiro atoms. The highest BCUT2D eigenvalue weighted by molar-refractivity contribution is 7.22. The number of benzene rings is 3. The van der Waals surface area contributed by atoms with E-state index in [4.69, 9.17) is 20.8 Å². The largest absolute Gasteiger partial charge is 0.503 e. The van der Waals surface area contributed by atoms with E-state index in [1.54, 1.807) is 55.5 Å². The van der Waals surface area contributed by atoms with Crippen molar-refractivity contribution >= 4 is 50.0 Å². The van der Waals surface area contributed by atoms with Gasteiger partial charge in [0.15, 0.2) is 16.7 Å². The van der Waals surface area contributed by atoms with Crippen molar-refractivity contribution in [3.63, 3.8) is 0 Å². The van der Waals surface area contributed by atoms with Gasteiger partial charge in [0.05, 0.1) is 21.8 Å². The Labute approximate surface area is 232 Å². The average Bonchev–Trinajstić information content (AvgIpc) is 3.63. The number of Topliss-reactive ketones (excluding diaryl/α,β-unsaturated/α-hetero) is 1. The second-order valence-electron chi connectivity index (χ2n) is 9.03. The van der Waals surface area contributed by atoms with E-state index in [0.717, 1.165) is 10.3 Å². The Hall–Kier alpha value is -4.40. The Balaban J connectivity index is 1.39. The summed E-state index contributed by atoms with van der Waals surface area (Å²) in [5.41, 5.74) is 2.20. The number of aryl methyl sites for hydroxylation is 1. The Morgan fingerprint density at radius 1 is 1.08 bits per heavy atom. The molecule has 5 aromatic rings. The van der Waals surface area contributed by atoms with Gasteiger partial charge in [0, 0.05) is 5.02 Å². The Morgan fingerprint density at radius 2 is 1.85 bits per heavy atom. The van der Waals surface area contributed by atoms with Gasteiger partial charge in [0.25, 0.3) is 5.91 Å². The van der Waals surface area contributed by atoms with Crippen LogP contribution in [0.1, 0.15) is 33.5 Å². The predicted octanol–water partition coefficient (Wildman–Crippen LogP) is 7.21. The van der Waals surface area contributed by atoms with Gasteiger partial charge in [-0.1, -0.05) is 65.4 Å². The van der Waals surface area contributed by atoms with Crippen molar-refractivity contribution in [1.82, 2.24) is 4.98 Å². The fourth-order valence-electron chi connectivity index (χ4n) is 4.52. The molecular formula is C30H21ClN2O5S. The number of furan rings is 1. The predicted molar refractivity (Wildman–Crippen MR) is 150 cm³/mol. The van der Waals surface area contributed by atoms with Crippen LogP contribution in [0.3, 0.4) is 0 Å². The number of thiazole rings is 1. The third kappa shape index (κ3) is 4.69. The van der Waals surface area contributed by atoms with E-state index in [1.165, 1.54) is 22.3 Å². The lowest BCUT2D eigenvalue weighted by molar-refractivity contribution is -0.117. The highest BCUT2D eigenvalue weighted by Gasteiger charge is 2.46. The van der Waals surface area contributed by atoms with Gasteiger partial charge >= 0.3 is 0 Å². The minimum Gasteiger partial charge on any atom is -0.503 e. The summed E-state index contributed by atoms with van der Waals surface area (Å²) in [6.07, 6.45) is 0. The average molecular weight is 557 g/mol. The Bertz CT molecular complexity index is 1740. The SMILES string of the molecule is Cc1ccc(C(=O)C2=C(O)C(=O)N(c3nc4ccc(Cl)cc4s3)C2c2ccc(OCc3ccccc3)cc2)o1. The first-order chi connectivity index (χ1) is 18.9. The number of carbonyl (C=O) groups excluding carboxylic acids is 2. The van der Waals surface area contributed by atoms with Gasteiger partial charge in [-0.25, -0.2) is 4.98 Å². The quantitative estimate of drug-likeness (QED) is 0.213. The molecule has 1 aliphatic heterocycles. The molecule has 0 radical (unpaired) electrons. The summed E-state index contributed by atoms with van der Waals surface area (Å²) < 4.78 is 12.2. The number of rotatable bonds is 7. The van der Waals surface area contributed by atoms with Crippen LogP contribution in [0.2, 0.25) is 5.02 Å². The van der Waals surface area contributed by atoms with Gasteiger partial charge in [0.1, 0.15) is 18.1 Å². The Morgan fingerprint density at radius 3 is 2.56 bits per heavy atom. The highest BCUT2D eigenvalue weighted by Crippen LogP contribution is 2.44. The van der Waals surface area contributed by atoms with Crippen LogP contribution < -0.4 is 9.64 Å². The van der Waals surface area contributed by atoms with Crippen LogP contribution in [-0.4, -0.2) is 21.8 Å². The van der Waals surface area contributed by atoms with Crippen molar-refractivity contribution in [1.29, 1.82) is 0 Å². The van der Waals surface area contributed by atoms with E-state index in [2.05, 4.69) is 4.98 Å². The maximum Gasteiger partial charge on any atom is 0.296 e. The highest BCUT2D eigenvalue weighted by atomic mass is 35.5. The molecule has 0 aliphatic carbocycles. The second-order valence-corrected chi connectivity index (χ2v) is 10.5. The fraction of sp³-hybridized carbons (Fsp3) is 0.100. The zero-order chi connectivity index (χ0) is 27.1. The molecule has 3 heterocycles. The molecule has 9 heteroatoms. The number of hydrogen-bond donors (Lipinski definition) is 1. The van der Waals surface area contributed by atoms with Gasteiger partial charge in [0.2, 0.25) is 5.78 Å². The summed E-state index contributed by atoms with van der Waals surface area (Å²) in [6.45, 7) is 2.11. The first kappa shape index (κ1) is 24.9. The van der Waals surface area contributed by atoms with E-state index in [-0.39, 0.29) is 11.3 Å². The fourth-order valence-corrected chi connectivity index (χ4v) is 5.78. The number of aliphatic hydroxyl groups is 1. The summed E-state index contributed by atoms with van der Waals surface area (Å²) in [5.74, 6) is -0.737. The van der Waals surface area contributed by atoms with Crippen LogP contribution >= 0.6 is 22.9 Å².